The van der Waals surface area contributed by atoms with Crippen molar-refractivity contribution in [1.29, 1.82) is 0 Å². The summed E-state index contributed by atoms with van der Waals surface area (Å²) in [6.07, 6.45) is 0. The number of anilines is 1. The minimum absolute atomic E-state index is 0.153. The van der Waals surface area contributed by atoms with Gasteiger partial charge in [-0.25, -0.2) is 9.78 Å². The SMILES string of the molecule is CC.NC(=O)/C(=N\OCC(=O)O)c1csc(N)n1. The van der Waals surface area contributed by atoms with Crippen molar-refractivity contribution in [3.8, 4) is 0 Å². The van der Waals surface area contributed by atoms with Crippen molar-refractivity contribution in [3.63, 3.8) is 0 Å². The first-order chi connectivity index (χ1) is 8.50. The van der Waals surface area contributed by atoms with Gasteiger partial charge in [-0.1, -0.05) is 19.0 Å². The number of oxime groups is 1. The Balaban J connectivity index is 0.00000137. The van der Waals surface area contributed by atoms with Crippen molar-refractivity contribution in [2.45, 2.75) is 13.8 Å². The zero-order chi connectivity index (χ0) is 14.1. The van der Waals surface area contributed by atoms with Crippen LogP contribution in [-0.4, -0.2) is 34.3 Å². The molecule has 8 nitrogen and oxygen atoms in total. The van der Waals surface area contributed by atoms with Crippen molar-refractivity contribution in [3.05, 3.63) is 11.1 Å². The maximum Gasteiger partial charge on any atom is 0.344 e. The second kappa shape index (κ2) is 8.01. The number of hydrogen-bond acceptors (Lipinski definition) is 7. The lowest BCUT2D eigenvalue weighted by molar-refractivity contribution is -0.142. The number of amides is 1. The van der Waals surface area contributed by atoms with E-state index in [9.17, 15) is 9.59 Å². The van der Waals surface area contributed by atoms with Crippen LogP contribution in [0.3, 0.4) is 0 Å². The highest BCUT2D eigenvalue weighted by Gasteiger charge is 2.15. The molecule has 100 valence electrons. The molecule has 0 spiro atoms. The van der Waals surface area contributed by atoms with Crippen LogP contribution >= 0.6 is 11.3 Å². The van der Waals surface area contributed by atoms with Gasteiger partial charge in [0.25, 0.3) is 5.91 Å². The Morgan fingerprint density at radius 1 is 1.56 bits per heavy atom. The number of carbonyl (C=O) groups excluding carboxylic acids is 1. The summed E-state index contributed by atoms with van der Waals surface area (Å²) in [6, 6.07) is 0. The fourth-order valence-corrected chi connectivity index (χ4v) is 1.31. The van der Waals surface area contributed by atoms with Gasteiger partial charge in [-0.05, 0) is 0 Å². The van der Waals surface area contributed by atoms with Gasteiger partial charge in [-0.3, -0.25) is 4.79 Å². The molecule has 1 aromatic rings. The molecule has 0 aliphatic rings. The molecule has 0 aliphatic heterocycles. The summed E-state index contributed by atoms with van der Waals surface area (Å²) in [4.78, 5) is 29.3. The average Bonchev–Trinajstić information content (AvgIpc) is 2.73. The number of primary amides is 1. The highest BCUT2D eigenvalue weighted by molar-refractivity contribution is 7.13. The van der Waals surface area contributed by atoms with Crippen LogP contribution in [0.15, 0.2) is 10.5 Å². The molecule has 0 unspecified atom stereocenters. The molecule has 0 aliphatic carbocycles. The third-order valence-corrected chi connectivity index (χ3v) is 2.02. The van der Waals surface area contributed by atoms with E-state index >= 15 is 0 Å². The Morgan fingerprint density at radius 2 is 2.17 bits per heavy atom. The van der Waals surface area contributed by atoms with E-state index in [1.54, 1.807) is 0 Å². The molecule has 1 amide bonds. The monoisotopic (exact) mass is 274 g/mol. The summed E-state index contributed by atoms with van der Waals surface area (Å²) in [5.74, 6) is -2.10. The van der Waals surface area contributed by atoms with Gasteiger partial charge in [0.1, 0.15) is 5.69 Å². The predicted molar refractivity (Wildman–Crippen MR) is 67.2 cm³/mol. The number of hydrogen-bond donors (Lipinski definition) is 3. The molecule has 9 heteroatoms. The van der Waals surface area contributed by atoms with E-state index in [0.29, 0.717) is 0 Å². The van der Waals surface area contributed by atoms with E-state index < -0.39 is 18.5 Å². The van der Waals surface area contributed by atoms with Crippen molar-refractivity contribution in [2.24, 2.45) is 10.9 Å². The number of aliphatic carboxylic acids is 1. The Bertz CT molecular complexity index is 444. The summed E-state index contributed by atoms with van der Waals surface area (Å²) in [6.45, 7) is 3.33. The maximum atomic E-state index is 11.0. The molecule has 0 bridgehead atoms. The highest BCUT2D eigenvalue weighted by atomic mass is 32.1. The number of nitrogens with zero attached hydrogens (tertiary/aromatic N) is 2. The number of nitrogen functional groups attached to an aromatic ring is 1. The summed E-state index contributed by atoms with van der Waals surface area (Å²) >= 11 is 1.10. The van der Waals surface area contributed by atoms with Gasteiger partial charge in [0, 0.05) is 5.38 Å². The van der Waals surface area contributed by atoms with Gasteiger partial charge < -0.3 is 21.4 Å². The molecule has 0 fully saturated rings. The fourth-order valence-electron chi connectivity index (χ4n) is 0.766. The number of carbonyl (C=O) groups is 2. The van der Waals surface area contributed by atoms with Gasteiger partial charge >= 0.3 is 5.97 Å². The molecule has 0 saturated heterocycles. The molecule has 5 N–H and O–H groups in total. The lowest BCUT2D eigenvalue weighted by Crippen LogP contribution is -2.25. The normalized spacial score (nSPS) is 10.2. The van der Waals surface area contributed by atoms with Crippen molar-refractivity contribution in [2.75, 3.05) is 12.3 Å². The van der Waals surface area contributed by atoms with Crippen LogP contribution in [0.1, 0.15) is 19.5 Å². The number of nitrogens with two attached hydrogens (primary N) is 2. The van der Waals surface area contributed by atoms with Crippen molar-refractivity contribution < 1.29 is 19.5 Å². The van der Waals surface area contributed by atoms with Crippen LogP contribution in [0.5, 0.6) is 0 Å². The first-order valence-corrected chi connectivity index (χ1v) is 5.81. The Hall–Kier alpha value is -2.16. The Labute approximate surface area is 107 Å². The zero-order valence-electron chi connectivity index (χ0n) is 9.91. The first kappa shape index (κ1) is 15.8. The summed E-state index contributed by atoms with van der Waals surface area (Å²) < 4.78 is 0. The van der Waals surface area contributed by atoms with Crippen LogP contribution < -0.4 is 11.5 Å². The molecule has 1 aromatic heterocycles. The summed E-state index contributed by atoms with van der Waals surface area (Å²) in [7, 11) is 0. The highest BCUT2D eigenvalue weighted by Crippen LogP contribution is 2.12. The third-order valence-electron chi connectivity index (χ3n) is 1.34. The summed E-state index contributed by atoms with van der Waals surface area (Å²) in [5.41, 5.74) is 10.3. The van der Waals surface area contributed by atoms with Gasteiger partial charge in [-0.15, -0.1) is 11.3 Å². The van der Waals surface area contributed by atoms with Crippen LogP contribution in [0.4, 0.5) is 5.13 Å². The fraction of sp³-hybridized carbons (Fsp3) is 0.333. The predicted octanol–water partition coefficient (Wildman–Crippen LogP) is 0.0421. The lowest BCUT2D eigenvalue weighted by atomic mass is 10.3. The summed E-state index contributed by atoms with van der Waals surface area (Å²) in [5, 5.41) is 13.3. The Kier molecular flexibility index (Phi) is 7.05. The smallest absolute Gasteiger partial charge is 0.344 e. The van der Waals surface area contributed by atoms with E-state index in [4.69, 9.17) is 16.6 Å². The molecular weight excluding hydrogens is 260 g/mol. The topological polar surface area (TPSA) is 141 Å². The first-order valence-electron chi connectivity index (χ1n) is 4.93. The van der Waals surface area contributed by atoms with Crippen LogP contribution in [0.25, 0.3) is 0 Å². The molecule has 18 heavy (non-hydrogen) atoms. The van der Waals surface area contributed by atoms with Gasteiger partial charge in [0.05, 0.1) is 0 Å². The minimum Gasteiger partial charge on any atom is -0.479 e. The number of rotatable bonds is 5. The quantitative estimate of drug-likeness (QED) is 0.511. The molecule has 0 aromatic carbocycles. The van der Waals surface area contributed by atoms with Gasteiger partial charge in [0.15, 0.2) is 10.8 Å². The largest absolute Gasteiger partial charge is 0.479 e. The van der Waals surface area contributed by atoms with E-state index in [1.165, 1.54) is 5.38 Å². The molecule has 0 radical (unpaired) electrons. The van der Waals surface area contributed by atoms with E-state index in [1.807, 2.05) is 13.8 Å². The molecule has 1 rings (SSSR count). The number of carboxylic acids is 1. The zero-order valence-corrected chi connectivity index (χ0v) is 10.7. The molecule has 1 heterocycles. The van der Waals surface area contributed by atoms with Crippen LogP contribution in [0.2, 0.25) is 0 Å². The standard InChI is InChI=1S/C7H8N4O4S.C2H6/c8-6(14)5(11-15-1-4(12)13)3-2-16-7(9)10-3;1-2/h2H,1H2,(H2,8,14)(H2,9,10)(H,12,13);1-2H3/b11-5-;. The van der Waals surface area contributed by atoms with E-state index in [0.717, 1.165) is 11.3 Å². The van der Waals surface area contributed by atoms with Gasteiger partial charge in [-0.2, -0.15) is 0 Å². The number of aromatic nitrogens is 1. The van der Waals surface area contributed by atoms with Gasteiger partial charge in [0.2, 0.25) is 6.61 Å². The number of thiazole rings is 1. The van der Waals surface area contributed by atoms with Crippen LogP contribution in [0, 0.1) is 0 Å². The molecule has 0 saturated carbocycles. The number of carboxylic acid groups (broad SMARTS) is 1. The van der Waals surface area contributed by atoms with E-state index in [-0.39, 0.29) is 16.5 Å². The molecular formula is C9H14N4O4S. The van der Waals surface area contributed by atoms with Crippen molar-refractivity contribution in [1.82, 2.24) is 4.98 Å². The van der Waals surface area contributed by atoms with Crippen LogP contribution in [-0.2, 0) is 14.4 Å². The molecule has 0 atom stereocenters. The Morgan fingerprint density at radius 3 is 2.56 bits per heavy atom. The van der Waals surface area contributed by atoms with Crippen molar-refractivity contribution >= 4 is 34.1 Å². The third kappa shape index (κ3) is 5.25. The van der Waals surface area contributed by atoms with E-state index in [2.05, 4.69) is 15.0 Å². The lowest BCUT2D eigenvalue weighted by Gasteiger charge is -1.98. The average molecular weight is 274 g/mol. The maximum absolute atomic E-state index is 11.0. The minimum atomic E-state index is -1.22. The second-order valence-electron chi connectivity index (χ2n) is 2.54. The second-order valence-corrected chi connectivity index (χ2v) is 3.43.